The van der Waals surface area contributed by atoms with E-state index in [1.54, 1.807) is 0 Å². The van der Waals surface area contributed by atoms with Crippen molar-refractivity contribution in [2.45, 2.75) is 13.8 Å². The van der Waals surface area contributed by atoms with E-state index >= 15 is 0 Å². The van der Waals surface area contributed by atoms with E-state index in [1.165, 1.54) is 66.6 Å². The largest absolute Gasteiger partial charge is 0.465 e. The van der Waals surface area contributed by atoms with Crippen LogP contribution in [0.2, 0.25) is 0 Å². The van der Waals surface area contributed by atoms with Gasteiger partial charge in [-0.05, 0) is 49.2 Å². The van der Waals surface area contributed by atoms with Gasteiger partial charge in [0.15, 0.2) is 0 Å². The van der Waals surface area contributed by atoms with Crippen molar-refractivity contribution in [1.29, 1.82) is 0 Å². The molecule has 40 heavy (non-hydrogen) atoms. The molecular weight excluding hydrogens is 564 g/mol. The number of amides is 2. The van der Waals surface area contributed by atoms with E-state index in [0.29, 0.717) is 11.1 Å². The first-order valence-electron chi connectivity index (χ1n) is 11.3. The highest BCUT2D eigenvalue weighted by Crippen LogP contribution is 2.35. The van der Waals surface area contributed by atoms with Crippen molar-refractivity contribution >= 4 is 68.4 Å². The van der Waals surface area contributed by atoms with E-state index in [4.69, 9.17) is 18.9 Å². The third-order valence-electron chi connectivity index (χ3n) is 5.68. The summed E-state index contributed by atoms with van der Waals surface area (Å²) in [7, 11) is 4.75. The lowest BCUT2D eigenvalue weighted by atomic mass is 10.1. The van der Waals surface area contributed by atoms with E-state index in [9.17, 15) is 28.8 Å². The Bertz CT molecular complexity index is 1410. The SMILES string of the molecule is COC(=O)c1sc(NC(=O)c2ccc(C(=O)Nc3sc(C(=O)OC)c(C)c3C(=O)OC)cc2)c(C(=O)OC)c1C. The van der Waals surface area contributed by atoms with Crippen LogP contribution in [0.15, 0.2) is 24.3 Å². The smallest absolute Gasteiger partial charge is 0.348 e. The lowest BCUT2D eigenvalue weighted by molar-refractivity contribution is 0.0585. The van der Waals surface area contributed by atoms with Gasteiger partial charge in [-0.15, -0.1) is 22.7 Å². The van der Waals surface area contributed by atoms with Gasteiger partial charge in [0, 0.05) is 11.1 Å². The topological polar surface area (TPSA) is 163 Å². The molecule has 0 unspecified atom stereocenters. The first kappa shape index (κ1) is 30.0. The number of carbonyl (C=O) groups excluding carboxylic acids is 6. The fraction of sp³-hybridized carbons (Fsp3) is 0.231. The summed E-state index contributed by atoms with van der Waals surface area (Å²) >= 11 is 1.73. The second-order valence-electron chi connectivity index (χ2n) is 7.97. The average molecular weight is 589 g/mol. The molecule has 0 saturated heterocycles. The summed E-state index contributed by atoms with van der Waals surface area (Å²) in [6.45, 7) is 3.07. The van der Waals surface area contributed by atoms with Crippen molar-refractivity contribution in [1.82, 2.24) is 0 Å². The molecule has 0 aliphatic carbocycles. The second-order valence-corrected chi connectivity index (χ2v) is 10.0. The van der Waals surface area contributed by atoms with Crippen molar-refractivity contribution in [2.24, 2.45) is 0 Å². The van der Waals surface area contributed by atoms with E-state index in [-0.39, 0.29) is 42.0 Å². The number of thiophene rings is 2. The Morgan fingerprint density at radius 2 is 0.850 bits per heavy atom. The Labute approximate surface area is 236 Å². The number of anilines is 2. The summed E-state index contributed by atoms with van der Waals surface area (Å²) in [6.07, 6.45) is 0. The normalized spacial score (nSPS) is 10.3. The van der Waals surface area contributed by atoms with Gasteiger partial charge < -0.3 is 29.6 Å². The van der Waals surface area contributed by atoms with Crippen molar-refractivity contribution in [3.05, 3.63) is 67.4 Å². The van der Waals surface area contributed by atoms with Crippen LogP contribution < -0.4 is 10.6 Å². The third-order valence-corrected chi connectivity index (χ3v) is 8.05. The predicted molar refractivity (Wildman–Crippen MR) is 146 cm³/mol. The lowest BCUT2D eigenvalue weighted by Crippen LogP contribution is -2.16. The Morgan fingerprint density at radius 1 is 0.550 bits per heavy atom. The molecule has 2 aromatic heterocycles. The molecule has 2 amide bonds. The van der Waals surface area contributed by atoms with Crippen LogP contribution in [0, 0.1) is 13.8 Å². The molecule has 0 radical (unpaired) electrons. The molecule has 12 nitrogen and oxygen atoms in total. The average Bonchev–Trinajstić information content (AvgIpc) is 3.46. The Kier molecular flexibility index (Phi) is 9.39. The quantitative estimate of drug-likeness (QED) is 0.289. The van der Waals surface area contributed by atoms with Crippen LogP contribution in [0.1, 0.15) is 71.9 Å². The molecule has 3 aromatic rings. The lowest BCUT2D eigenvalue weighted by Gasteiger charge is -2.08. The zero-order chi connectivity index (χ0) is 29.7. The minimum Gasteiger partial charge on any atom is -0.465 e. The molecule has 0 atom stereocenters. The molecule has 0 spiro atoms. The third kappa shape index (κ3) is 5.87. The van der Waals surface area contributed by atoms with Gasteiger partial charge in [-0.3, -0.25) is 9.59 Å². The zero-order valence-electron chi connectivity index (χ0n) is 22.2. The van der Waals surface area contributed by atoms with Crippen molar-refractivity contribution in [2.75, 3.05) is 39.1 Å². The molecule has 1 aromatic carbocycles. The number of hydrogen-bond donors (Lipinski definition) is 2. The maximum absolute atomic E-state index is 12.9. The summed E-state index contributed by atoms with van der Waals surface area (Å²) in [5.41, 5.74) is 0.946. The van der Waals surface area contributed by atoms with Crippen LogP contribution in [0.3, 0.4) is 0 Å². The molecular formula is C26H24N2O10S2. The summed E-state index contributed by atoms with van der Waals surface area (Å²) < 4.78 is 19.1. The van der Waals surface area contributed by atoms with Gasteiger partial charge in [0.25, 0.3) is 11.8 Å². The minimum absolute atomic E-state index is 0.0243. The van der Waals surface area contributed by atoms with Gasteiger partial charge >= 0.3 is 23.9 Å². The second kappa shape index (κ2) is 12.5. The fourth-order valence-corrected chi connectivity index (χ4v) is 5.81. The van der Waals surface area contributed by atoms with Crippen molar-refractivity contribution < 1.29 is 47.7 Å². The maximum Gasteiger partial charge on any atom is 0.348 e. The van der Waals surface area contributed by atoms with Crippen molar-refractivity contribution in [3.8, 4) is 0 Å². The number of ether oxygens (including phenoxy) is 4. The molecule has 3 rings (SSSR count). The van der Waals surface area contributed by atoms with E-state index in [0.717, 1.165) is 22.7 Å². The maximum atomic E-state index is 12.9. The number of carbonyl (C=O) groups is 6. The Balaban J connectivity index is 1.84. The number of rotatable bonds is 8. The summed E-state index contributed by atoms with van der Waals surface area (Å²) in [6, 6.07) is 5.52. The highest BCUT2D eigenvalue weighted by atomic mass is 32.1. The molecule has 2 heterocycles. The highest BCUT2D eigenvalue weighted by molar-refractivity contribution is 7.19. The monoisotopic (exact) mass is 588 g/mol. The summed E-state index contributed by atoms with van der Waals surface area (Å²) in [5.74, 6) is -4.04. The number of benzene rings is 1. The van der Waals surface area contributed by atoms with Gasteiger partial charge in [-0.25, -0.2) is 19.2 Å². The van der Waals surface area contributed by atoms with Crippen LogP contribution in [0.5, 0.6) is 0 Å². The molecule has 0 saturated carbocycles. The van der Waals surface area contributed by atoms with Crippen LogP contribution in [0.4, 0.5) is 10.0 Å². The Hall–Kier alpha value is -4.56. The van der Waals surface area contributed by atoms with Gasteiger partial charge in [0.05, 0.1) is 39.6 Å². The van der Waals surface area contributed by atoms with Gasteiger partial charge in [-0.1, -0.05) is 0 Å². The van der Waals surface area contributed by atoms with Crippen LogP contribution in [-0.4, -0.2) is 64.1 Å². The first-order valence-corrected chi connectivity index (χ1v) is 12.9. The first-order chi connectivity index (χ1) is 19.0. The summed E-state index contributed by atoms with van der Waals surface area (Å²) in [5, 5.41) is 5.40. The van der Waals surface area contributed by atoms with Crippen LogP contribution >= 0.6 is 22.7 Å². The molecule has 0 bridgehead atoms. The van der Waals surface area contributed by atoms with Gasteiger partial charge in [-0.2, -0.15) is 0 Å². The van der Waals surface area contributed by atoms with E-state index in [2.05, 4.69) is 10.6 Å². The van der Waals surface area contributed by atoms with Crippen LogP contribution in [0.25, 0.3) is 0 Å². The number of hydrogen-bond acceptors (Lipinski definition) is 12. The molecule has 14 heteroatoms. The number of methoxy groups -OCH3 is 4. The molecule has 210 valence electrons. The zero-order valence-corrected chi connectivity index (χ0v) is 23.8. The predicted octanol–water partition coefficient (Wildman–Crippen LogP) is 4.08. The Morgan fingerprint density at radius 3 is 1.12 bits per heavy atom. The number of nitrogens with one attached hydrogen (secondary N) is 2. The number of esters is 4. The van der Waals surface area contributed by atoms with E-state index in [1.807, 2.05) is 0 Å². The fourth-order valence-electron chi connectivity index (χ4n) is 3.60. The molecule has 2 N–H and O–H groups in total. The molecule has 0 aliphatic rings. The summed E-state index contributed by atoms with van der Waals surface area (Å²) in [4.78, 5) is 74.9. The van der Waals surface area contributed by atoms with Gasteiger partial charge in [0.2, 0.25) is 0 Å². The minimum atomic E-state index is -0.739. The van der Waals surface area contributed by atoms with Gasteiger partial charge in [0.1, 0.15) is 19.8 Å². The van der Waals surface area contributed by atoms with Crippen molar-refractivity contribution in [3.63, 3.8) is 0 Å². The van der Waals surface area contributed by atoms with E-state index < -0.39 is 35.7 Å². The molecule has 0 fully saturated rings. The standard InChI is InChI=1S/C26H24N2O10S2/c1-11-15(23(31)35-3)21(39-17(11)25(33)37-5)27-19(29)13-7-9-14(10-8-13)20(30)28-22-16(24(32)36-4)12(2)18(40-22)26(34)38-6/h7-10H,1-6H3,(H,27,29)(H,28,30). The highest BCUT2D eigenvalue weighted by Gasteiger charge is 2.28. The molecule has 0 aliphatic heterocycles. The van der Waals surface area contributed by atoms with Crippen LogP contribution in [-0.2, 0) is 18.9 Å².